The van der Waals surface area contributed by atoms with Gasteiger partial charge in [-0.25, -0.2) is 0 Å². The van der Waals surface area contributed by atoms with Crippen LogP contribution in [-0.2, 0) is 10.2 Å². The molecule has 1 amide bonds. The van der Waals surface area contributed by atoms with Crippen LogP contribution in [-0.4, -0.2) is 33.0 Å². The number of aryl methyl sites for hydroxylation is 1. The lowest BCUT2D eigenvalue weighted by Gasteiger charge is -2.27. The monoisotopic (exact) mass is 346 g/mol. The number of amides is 1. The zero-order valence-electron chi connectivity index (χ0n) is 15.0. The Labute approximate surface area is 148 Å². The fourth-order valence-corrected chi connectivity index (χ4v) is 3.49. The van der Waals surface area contributed by atoms with Crippen molar-refractivity contribution >= 4 is 17.7 Å². The zero-order chi connectivity index (χ0) is 17.7. The summed E-state index contributed by atoms with van der Waals surface area (Å²) in [5.41, 5.74) is 2.40. The van der Waals surface area contributed by atoms with Gasteiger partial charge in [-0.05, 0) is 31.9 Å². The smallest absolute Gasteiger partial charge is 0.230 e. The molecule has 1 aromatic heterocycles. The van der Waals surface area contributed by atoms with E-state index >= 15 is 0 Å². The molecule has 0 saturated heterocycles. The molecule has 0 atom stereocenters. The molecule has 0 saturated carbocycles. The number of rotatable bonds is 7. The molecule has 0 spiro atoms. The van der Waals surface area contributed by atoms with Crippen LogP contribution in [0.1, 0.15) is 44.9 Å². The van der Waals surface area contributed by atoms with E-state index in [1.807, 2.05) is 16.7 Å². The Hall–Kier alpha value is -1.82. The summed E-state index contributed by atoms with van der Waals surface area (Å²) in [6.45, 7) is 11.1. The van der Waals surface area contributed by atoms with E-state index in [4.69, 9.17) is 0 Å². The predicted octanol–water partition coefficient (Wildman–Crippen LogP) is 3.35. The van der Waals surface area contributed by atoms with Gasteiger partial charge in [0.1, 0.15) is 6.33 Å². The molecule has 6 heteroatoms. The van der Waals surface area contributed by atoms with Crippen LogP contribution in [0.25, 0.3) is 0 Å². The SMILES string of the molecule is Cc1ccccc1C(C)(C)CNC(=O)CSc1nncn1C(C)C. The summed E-state index contributed by atoms with van der Waals surface area (Å²) in [5.74, 6) is 0.356. The Kier molecular flexibility index (Phi) is 6.04. The van der Waals surface area contributed by atoms with Crippen molar-refractivity contribution < 1.29 is 4.79 Å². The van der Waals surface area contributed by atoms with Crippen LogP contribution in [0.3, 0.4) is 0 Å². The summed E-state index contributed by atoms with van der Waals surface area (Å²) in [6, 6.07) is 8.59. The molecule has 130 valence electrons. The summed E-state index contributed by atoms with van der Waals surface area (Å²) in [6.07, 6.45) is 1.70. The van der Waals surface area contributed by atoms with E-state index in [1.54, 1.807) is 6.33 Å². The first-order chi connectivity index (χ1) is 11.3. The molecule has 0 aliphatic rings. The molecule has 0 aliphatic carbocycles. The molecule has 24 heavy (non-hydrogen) atoms. The molecule has 1 N–H and O–H groups in total. The molecule has 0 bridgehead atoms. The molecule has 1 aromatic carbocycles. The molecule has 2 rings (SSSR count). The third kappa shape index (κ3) is 4.60. The lowest BCUT2D eigenvalue weighted by Crippen LogP contribution is -2.38. The maximum Gasteiger partial charge on any atom is 0.230 e. The van der Waals surface area contributed by atoms with E-state index in [1.165, 1.54) is 22.9 Å². The van der Waals surface area contributed by atoms with Crippen LogP contribution in [0, 0.1) is 6.92 Å². The van der Waals surface area contributed by atoms with Crippen molar-refractivity contribution in [3.8, 4) is 0 Å². The van der Waals surface area contributed by atoms with E-state index in [-0.39, 0.29) is 17.4 Å². The van der Waals surface area contributed by atoms with Gasteiger partial charge in [0.2, 0.25) is 5.91 Å². The largest absolute Gasteiger partial charge is 0.355 e. The number of nitrogens with zero attached hydrogens (tertiary/aromatic N) is 3. The second-order valence-electron chi connectivity index (χ2n) is 6.88. The topological polar surface area (TPSA) is 59.8 Å². The molecule has 1 heterocycles. The molecule has 0 radical (unpaired) electrons. The first-order valence-electron chi connectivity index (χ1n) is 8.16. The number of benzene rings is 1. The van der Waals surface area contributed by atoms with Gasteiger partial charge >= 0.3 is 0 Å². The lowest BCUT2D eigenvalue weighted by molar-refractivity contribution is -0.118. The second kappa shape index (κ2) is 7.83. The van der Waals surface area contributed by atoms with E-state index in [9.17, 15) is 4.79 Å². The minimum Gasteiger partial charge on any atom is -0.355 e. The number of thioether (sulfide) groups is 1. The van der Waals surface area contributed by atoms with Gasteiger partial charge in [0.05, 0.1) is 5.75 Å². The number of aromatic nitrogens is 3. The second-order valence-corrected chi connectivity index (χ2v) is 7.82. The Morgan fingerprint density at radius 3 is 2.71 bits per heavy atom. The van der Waals surface area contributed by atoms with E-state index in [0.717, 1.165) is 5.16 Å². The summed E-state index contributed by atoms with van der Waals surface area (Å²) in [4.78, 5) is 12.2. The molecule has 0 fully saturated rings. The van der Waals surface area contributed by atoms with E-state index < -0.39 is 0 Å². The summed E-state index contributed by atoms with van der Waals surface area (Å²) >= 11 is 1.42. The van der Waals surface area contributed by atoms with Gasteiger partial charge in [-0.15, -0.1) is 10.2 Å². The molecule has 0 unspecified atom stereocenters. The quantitative estimate of drug-likeness (QED) is 0.781. The van der Waals surface area contributed by atoms with E-state index in [2.05, 4.69) is 62.3 Å². The van der Waals surface area contributed by atoms with Gasteiger partial charge < -0.3 is 9.88 Å². The Bertz CT molecular complexity index is 694. The van der Waals surface area contributed by atoms with Gasteiger partial charge in [-0.3, -0.25) is 4.79 Å². The van der Waals surface area contributed by atoms with Crippen molar-refractivity contribution in [1.82, 2.24) is 20.1 Å². The van der Waals surface area contributed by atoms with Crippen molar-refractivity contribution in [2.24, 2.45) is 0 Å². The van der Waals surface area contributed by atoms with Crippen molar-refractivity contribution in [3.63, 3.8) is 0 Å². The lowest BCUT2D eigenvalue weighted by atomic mass is 9.82. The van der Waals surface area contributed by atoms with Gasteiger partial charge in [-0.1, -0.05) is 49.9 Å². The number of nitrogens with one attached hydrogen (secondary N) is 1. The molecule has 5 nitrogen and oxygen atoms in total. The standard InChI is InChI=1S/C18H26N4OS/c1-13(2)22-12-20-21-17(22)24-10-16(23)19-11-18(4,5)15-9-7-6-8-14(15)3/h6-9,12-13H,10-11H2,1-5H3,(H,19,23). The van der Waals surface area contributed by atoms with Crippen LogP contribution < -0.4 is 5.32 Å². The van der Waals surface area contributed by atoms with Gasteiger partial charge in [0.15, 0.2) is 5.16 Å². The fraction of sp³-hybridized carbons (Fsp3) is 0.500. The van der Waals surface area contributed by atoms with Gasteiger partial charge in [-0.2, -0.15) is 0 Å². The Morgan fingerprint density at radius 1 is 1.33 bits per heavy atom. The number of hydrogen-bond donors (Lipinski definition) is 1. The first-order valence-corrected chi connectivity index (χ1v) is 9.15. The third-order valence-corrected chi connectivity index (χ3v) is 4.99. The highest BCUT2D eigenvalue weighted by Gasteiger charge is 2.23. The van der Waals surface area contributed by atoms with Crippen LogP contribution >= 0.6 is 11.8 Å². The summed E-state index contributed by atoms with van der Waals surface area (Å²) in [5, 5.41) is 11.8. The molecule has 2 aromatic rings. The maximum atomic E-state index is 12.2. The van der Waals surface area contributed by atoms with Crippen LogP contribution in [0.4, 0.5) is 0 Å². The predicted molar refractivity (Wildman–Crippen MR) is 98.3 cm³/mol. The highest BCUT2D eigenvalue weighted by molar-refractivity contribution is 7.99. The van der Waals surface area contributed by atoms with Crippen molar-refractivity contribution in [2.45, 2.75) is 51.2 Å². The molecular formula is C18H26N4OS. The van der Waals surface area contributed by atoms with Crippen molar-refractivity contribution in [3.05, 3.63) is 41.7 Å². The third-order valence-electron chi connectivity index (χ3n) is 4.03. The van der Waals surface area contributed by atoms with Gasteiger partial charge in [0.25, 0.3) is 0 Å². The average molecular weight is 347 g/mol. The van der Waals surface area contributed by atoms with Crippen LogP contribution in [0.5, 0.6) is 0 Å². The van der Waals surface area contributed by atoms with Crippen molar-refractivity contribution in [1.29, 1.82) is 0 Å². The summed E-state index contributed by atoms with van der Waals surface area (Å²) in [7, 11) is 0. The minimum absolute atomic E-state index is 0.0139. The highest BCUT2D eigenvalue weighted by Crippen LogP contribution is 2.25. The average Bonchev–Trinajstić information content (AvgIpc) is 3.00. The molecular weight excluding hydrogens is 320 g/mol. The summed E-state index contributed by atoms with van der Waals surface area (Å²) < 4.78 is 1.97. The number of carbonyl (C=O) groups is 1. The fourth-order valence-electron chi connectivity index (χ4n) is 2.62. The molecule has 0 aliphatic heterocycles. The Morgan fingerprint density at radius 2 is 2.04 bits per heavy atom. The number of carbonyl (C=O) groups excluding carboxylic acids is 1. The highest BCUT2D eigenvalue weighted by atomic mass is 32.2. The maximum absolute atomic E-state index is 12.2. The minimum atomic E-state index is -0.108. The Balaban J connectivity index is 1.89. The normalized spacial score (nSPS) is 11.8. The first kappa shape index (κ1) is 18.5. The van der Waals surface area contributed by atoms with Crippen LogP contribution in [0.15, 0.2) is 35.7 Å². The van der Waals surface area contributed by atoms with E-state index in [0.29, 0.717) is 12.3 Å². The van der Waals surface area contributed by atoms with Gasteiger partial charge in [0, 0.05) is 18.0 Å². The van der Waals surface area contributed by atoms with Crippen LogP contribution in [0.2, 0.25) is 0 Å². The number of hydrogen-bond acceptors (Lipinski definition) is 4. The van der Waals surface area contributed by atoms with Crippen molar-refractivity contribution in [2.75, 3.05) is 12.3 Å². The zero-order valence-corrected chi connectivity index (χ0v) is 15.9.